The smallest absolute Gasteiger partial charge is 0.124 e. The summed E-state index contributed by atoms with van der Waals surface area (Å²) < 4.78 is 12.9. The third kappa shape index (κ3) is 5.33. The summed E-state index contributed by atoms with van der Waals surface area (Å²) in [4.78, 5) is 0. The summed E-state index contributed by atoms with van der Waals surface area (Å²) in [5.41, 5.74) is 2.04. The fourth-order valence-electron chi connectivity index (χ4n) is 1.49. The highest BCUT2D eigenvalue weighted by Gasteiger charge is 2.00. The second kappa shape index (κ2) is 6.77. The molecule has 3 heteroatoms. The van der Waals surface area contributed by atoms with E-state index in [4.69, 9.17) is 11.6 Å². The predicted octanol–water partition coefficient (Wildman–Crippen LogP) is 4.13. The van der Waals surface area contributed by atoms with Crippen LogP contribution in [-0.2, 0) is 0 Å². The van der Waals surface area contributed by atoms with Crippen molar-refractivity contribution < 1.29 is 4.39 Å². The zero-order valence-electron chi connectivity index (χ0n) is 10.6. The Kier molecular flexibility index (Phi) is 5.66. The standard InChI is InChI=1S/C14H19ClFN/c1-10(2)8-17-9-11(3)6-12-4-5-13(16)7-14(12)15/h4-7,10,17H,8-9H2,1-3H3/b11-6+. The SMILES string of the molecule is C/C(=C\c1ccc(F)cc1Cl)CNCC(C)C. The first kappa shape index (κ1) is 14.2. The number of hydrogen-bond donors (Lipinski definition) is 1. The Hall–Kier alpha value is -0.860. The predicted molar refractivity (Wildman–Crippen MR) is 72.8 cm³/mol. The molecular formula is C14H19ClFN. The molecule has 1 nitrogen and oxygen atoms in total. The van der Waals surface area contributed by atoms with E-state index in [1.165, 1.54) is 17.7 Å². The Morgan fingerprint density at radius 1 is 1.47 bits per heavy atom. The van der Waals surface area contributed by atoms with E-state index >= 15 is 0 Å². The third-order valence-electron chi connectivity index (χ3n) is 2.32. The Morgan fingerprint density at radius 2 is 2.18 bits per heavy atom. The summed E-state index contributed by atoms with van der Waals surface area (Å²) in [5.74, 6) is 0.333. The molecule has 0 fully saturated rings. The molecule has 1 rings (SSSR count). The summed E-state index contributed by atoms with van der Waals surface area (Å²) in [6.07, 6.45) is 1.98. The van der Waals surface area contributed by atoms with Crippen LogP contribution in [0.5, 0.6) is 0 Å². The number of hydrogen-bond acceptors (Lipinski definition) is 1. The van der Waals surface area contributed by atoms with Crippen LogP contribution in [0.4, 0.5) is 4.39 Å². The summed E-state index contributed by atoms with van der Waals surface area (Å²) in [6.45, 7) is 8.19. The van der Waals surface area contributed by atoms with E-state index in [0.29, 0.717) is 10.9 Å². The van der Waals surface area contributed by atoms with Gasteiger partial charge in [0.1, 0.15) is 5.82 Å². The van der Waals surface area contributed by atoms with Gasteiger partial charge in [-0.25, -0.2) is 4.39 Å². The first-order valence-electron chi connectivity index (χ1n) is 5.82. The first-order valence-corrected chi connectivity index (χ1v) is 6.19. The third-order valence-corrected chi connectivity index (χ3v) is 2.65. The highest BCUT2D eigenvalue weighted by molar-refractivity contribution is 6.32. The maximum Gasteiger partial charge on any atom is 0.124 e. The molecule has 17 heavy (non-hydrogen) atoms. The molecule has 1 aromatic rings. The van der Waals surface area contributed by atoms with E-state index in [1.54, 1.807) is 6.07 Å². The van der Waals surface area contributed by atoms with Gasteiger partial charge in [-0.05, 0) is 37.1 Å². The van der Waals surface area contributed by atoms with Crippen molar-refractivity contribution in [2.75, 3.05) is 13.1 Å². The van der Waals surface area contributed by atoms with Crippen LogP contribution in [0.1, 0.15) is 26.3 Å². The average molecular weight is 256 g/mol. The lowest BCUT2D eigenvalue weighted by atomic mass is 10.1. The van der Waals surface area contributed by atoms with Gasteiger partial charge in [0.25, 0.3) is 0 Å². The first-order chi connectivity index (χ1) is 7.99. The summed E-state index contributed by atoms with van der Waals surface area (Å²) in [7, 11) is 0. The quantitative estimate of drug-likeness (QED) is 0.834. The van der Waals surface area contributed by atoms with E-state index in [-0.39, 0.29) is 5.82 Å². The lowest BCUT2D eigenvalue weighted by molar-refractivity contribution is 0.572. The summed E-state index contributed by atoms with van der Waals surface area (Å²) in [5, 5.41) is 3.80. The molecule has 94 valence electrons. The number of rotatable bonds is 5. The Labute approximate surface area is 108 Å². The van der Waals surface area contributed by atoms with Gasteiger partial charge in [-0.15, -0.1) is 0 Å². The molecular weight excluding hydrogens is 237 g/mol. The molecule has 0 heterocycles. The van der Waals surface area contributed by atoms with Crippen LogP contribution in [0.25, 0.3) is 6.08 Å². The minimum absolute atomic E-state index is 0.303. The Balaban J connectivity index is 2.61. The van der Waals surface area contributed by atoms with Crippen molar-refractivity contribution in [1.29, 1.82) is 0 Å². The van der Waals surface area contributed by atoms with Crippen molar-refractivity contribution >= 4 is 17.7 Å². The highest BCUT2D eigenvalue weighted by atomic mass is 35.5. The van der Waals surface area contributed by atoms with Crippen molar-refractivity contribution in [3.05, 3.63) is 40.2 Å². The molecule has 1 aromatic carbocycles. The van der Waals surface area contributed by atoms with Gasteiger partial charge in [0, 0.05) is 6.54 Å². The molecule has 0 unspecified atom stereocenters. The number of benzene rings is 1. The number of nitrogens with one attached hydrogen (secondary N) is 1. The van der Waals surface area contributed by atoms with Crippen molar-refractivity contribution in [2.24, 2.45) is 5.92 Å². The van der Waals surface area contributed by atoms with E-state index < -0.39 is 0 Å². The largest absolute Gasteiger partial charge is 0.313 e. The van der Waals surface area contributed by atoms with Gasteiger partial charge in [-0.1, -0.05) is 43.2 Å². The second-order valence-electron chi connectivity index (χ2n) is 4.68. The van der Waals surface area contributed by atoms with Crippen LogP contribution < -0.4 is 5.32 Å². The number of halogens is 2. The van der Waals surface area contributed by atoms with Crippen LogP contribution >= 0.6 is 11.6 Å². The van der Waals surface area contributed by atoms with Crippen LogP contribution in [0.2, 0.25) is 5.02 Å². The maximum atomic E-state index is 12.9. The molecule has 0 spiro atoms. The Bertz CT molecular complexity index is 399. The molecule has 0 saturated carbocycles. The van der Waals surface area contributed by atoms with E-state index in [9.17, 15) is 4.39 Å². The van der Waals surface area contributed by atoms with Crippen LogP contribution in [0.15, 0.2) is 23.8 Å². The lowest BCUT2D eigenvalue weighted by Crippen LogP contribution is -2.21. The minimum atomic E-state index is -0.303. The minimum Gasteiger partial charge on any atom is -0.313 e. The van der Waals surface area contributed by atoms with Crippen molar-refractivity contribution in [1.82, 2.24) is 5.32 Å². The van der Waals surface area contributed by atoms with Crippen LogP contribution in [0, 0.1) is 11.7 Å². The molecule has 0 aromatic heterocycles. The van der Waals surface area contributed by atoms with Crippen molar-refractivity contribution in [2.45, 2.75) is 20.8 Å². The van der Waals surface area contributed by atoms with Gasteiger partial charge in [0.05, 0.1) is 5.02 Å². The fraction of sp³-hybridized carbons (Fsp3) is 0.429. The fourth-order valence-corrected chi connectivity index (χ4v) is 1.71. The van der Waals surface area contributed by atoms with Crippen molar-refractivity contribution in [3.8, 4) is 0 Å². The van der Waals surface area contributed by atoms with Crippen LogP contribution in [-0.4, -0.2) is 13.1 Å². The second-order valence-corrected chi connectivity index (χ2v) is 5.09. The summed E-state index contributed by atoms with van der Waals surface area (Å²) >= 11 is 5.95. The average Bonchev–Trinajstić information content (AvgIpc) is 2.21. The van der Waals surface area contributed by atoms with E-state index in [0.717, 1.165) is 18.7 Å². The zero-order valence-corrected chi connectivity index (χ0v) is 11.3. The van der Waals surface area contributed by atoms with Gasteiger partial charge in [-0.3, -0.25) is 0 Å². The van der Waals surface area contributed by atoms with Crippen molar-refractivity contribution in [3.63, 3.8) is 0 Å². The maximum absolute atomic E-state index is 12.9. The topological polar surface area (TPSA) is 12.0 Å². The molecule has 0 radical (unpaired) electrons. The molecule has 0 aliphatic heterocycles. The van der Waals surface area contributed by atoms with Gasteiger partial charge in [-0.2, -0.15) is 0 Å². The molecule has 0 amide bonds. The zero-order chi connectivity index (χ0) is 12.8. The molecule has 1 N–H and O–H groups in total. The Morgan fingerprint density at radius 3 is 2.76 bits per heavy atom. The molecule has 0 bridgehead atoms. The van der Waals surface area contributed by atoms with Crippen LogP contribution in [0.3, 0.4) is 0 Å². The highest BCUT2D eigenvalue weighted by Crippen LogP contribution is 2.19. The summed E-state index contributed by atoms with van der Waals surface area (Å²) in [6, 6.07) is 4.46. The monoisotopic (exact) mass is 255 g/mol. The van der Waals surface area contributed by atoms with Gasteiger partial charge < -0.3 is 5.32 Å². The normalized spacial score (nSPS) is 12.2. The molecule has 0 saturated heterocycles. The van der Waals surface area contributed by atoms with Gasteiger partial charge in [0.2, 0.25) is 0 Å². The van der Waals surface area contributed by atoms with Gasteiger partial charge >= 0.3 is 0 Å². The van der Waals surface area contributed by atoms with E-state index in [1.807, 2.05) is 13.0 Å². The molecule has 0 atom stereocenters. The van der Waals surface area contributed by atoms with E-state index in [2.05, 4.69) is 19.2 Å². The van der Waals surface area contributed by atoms with Gasteiger partial charge in [0.15, 0.2) is 0 Å². The molecule has 0 aliphatic rings. The molecule has 0 aliphatic carbocycles. The lowest BCUT2D eigenvalue weighted by Gasteiger charge is -2.08.